The summed E-state index contributed by atoms with van der Waals surface area (Å²) in [4.78, 5) is 0.880. The Morgan fingerprint density at radius 3 is 2.18 bits per heavy atom. The summed E-state index contributed by atoms with van der Waals surface area (Å²) in [5.74, 6) is 0. The maximum Gasteiger partial charge on any atom is 0.0935 e. The second-order valence-electron chi connectivity index (χ2n) is 2.95. The van der Waals surface area contributed by atoms with Crippen molar-refractivity contribution in [3.05, 3.63) is 0 Å². The van der Waals surface area contributed by atoms with Crippen LogP contribution in [0.1, 0.15) is 13.3 Å². The molecule has 0 saturated heterocycles. The topological polar surface area (TPSA) is 32.5 Å². The molecule has 1 unspecified atom stereocenters. The van der Waals surface area contributed by atoms with E-state index in [1.165, 1.54) is 0 Å². The van der Waals surface area contributed by atoms with Crippen molar-refractivity contribution in [3.8, 4) is 0 Å². The minimum absolute atomic E-state index is 0.143. The van der Waals surface area contributed by atoms with Gasteiger partial charge in [-0.05, 0) is 6.92 Å². The minimum atomic E-state index is 0.143. The number of thiocarbonyl (C=S) groups is 1. The second kappa shape index (κ2) is 4.64. The van der Waals surface area contributed by atoms with Gasteiger partial charge in [-0.2, -0.15) is 0 Å². The molecule has 1 atom stereocenters. The van der Waals surface area contributed by atoms with Crippen LogP contribution < -0.4 is 5.73 Å². The highest BCUT2D eigenvalue weighted by Crippen LogP contribution is 1.97. The first kappa shape index (κ1) is 10.8. The minimum Gasteiger partial charge on any atom is -0.328 e. The normalized spacial score (nSPS) is 13.3. The lowest BCUT2D eigenvalue weighted by atomic mass is 10.2. The number of rotatable bonds is 3. The van der Waals surface area contributed by atoms with Crippen LogP contribution in [0.2, 0.25) is 0 Å². The number of nitrogens with zero attached hydrogens (tertiary/aromatic N) is 2. The van der Waals surface area contributed by atoms with E-state index < -0.39 is 0 Å². The van der Waals surface area contributed by atoms with Crippen LogP contribution in [0.4, 0.5) is 0 Å². The molecule has 0 rings (SSSR count). The standard InChI is InChI=1S/C7H17N3S/c1-6(8)5-7(11)10(4)9(2)3/h6H,5,8H2,1-4H3. The molecule has 0 aliphatic heterocycles. The van der Waals surface area contributed by atoms with Crippen LogP contribution >= 0.6 is 12.2 Å². The second-order valence-corrected chi connectivity index (χ2v) is 3.42. The summed E-state index contributed by atoms with van der Waals surface area (Å²) in [6.07, 6.45) is 0.768. The maximum absolute atomic E-state index is 5.60. The molecule has 3 nitrogen and oxygen atoms in total. The Balaban J connectivity index is 3.83. The third kappa shape index (κ3) is 4.29. The first-order valence-corrected chi connectivity index (χ1v) is 4.05. The molecule has 0 aromatic heterocycles. The molecule has 0 heterocycles. The van der Waals surface area contributed by atoms with Gasteiger partial charge in [-0.25, -0.2) is 5.01 Å². The first-order chi connectivity index (χ1) is 4.95. The summed E-state index contributed by atoms with van der Waals surface area (Å²) in [7, 11) is 5.84. The molecule has 0 saturated carbocycles. The fourth-order valence-electron chi connectivity index (χ4n) is 0.631. The van der Waals surface area contributed by atoms with Crippen LogP contribution in [0.5, 0.6) is 0 Å². The lowest BCUT2D eigenvalue weighted by Crippen LogP contribution is -2.39. The highest BCUT2D eigenvalue weighted by atomic mass is 32.1. The number of nitrogens with two attached hydrogens (primary N) is 1. The van der Waals surface area contributed by atoms with E-state index >= 15 is 0 Å². The van der Waals surface area contributed by atoms with Crippen LogP contribution in [-0.4, -0.2) is 42.2 Å². The van der Waals surface area contributed by atoms with Gasteiger partial charge in [0.25, 0.3) is 0 Å². The van der Waals surface area contributed by atoms with Gasteiger partial charge in [0.05, 0.1) is 4.99 Å². The van der Waals surface area contributed by atoms with Crippen LogP contribution in [0.15, 0.2) is 0 Å². The van der Waals surface area contributed by atoms with E-state index in [-0.39, 0.29) is 6.04 Å². The first-order valence-electron chi connectivity index (χ1n) is 3.64. The smallest absolute Gasteiger partial charge is 0.0935 e. The predicted molar refractivity (Wildman–Crippen MR) is 52.3 cm³/mol. The summed E-state index contributed by atoms with van der Waals surface area (Å²) in [5, 5.41) is 3.85. The molecule has 2 N–H and O–H groups in total. The van der Waals surface area contributed by atoms with Crippen molar-refractivity contribution in [1.29, 1.82) is 0 Å². The van der Waals surface area contributed by atoms with Gasteiger partial charge in [-0.15, -0.1) is 0 Å². The van der Waals surface area contributed by atoms with Gasteiger partial charge in [0, 0.05) is 33.6 Å². The third-order valence-electron chi connectivity index (χ3n) is 1.46. The van der Waals surface area contributed by atoms with Crippen molar-refractivity contribution in [2.45, 2.75) is 19.4 Å². The van der Waals surface area contributed by atoms with E-state index in [1.807, 2.05) is 38.1 Å². The van der Waals surface area contributed by atoms with Crippen molar-refractivity contribution in [3.63, 3.8) is 0 Å². The summed E-state index contributed by atoms with van der Waals surface area (Å²) in [6.45, 7) is 1.95. The summed E-state index contributed by atoms with van der Waals surface area (Å²) in [5.41, 5.74) is 5.60. The lowest BCUT2D eigenvalue weighted by Gasteiger charge is -2.27. The van der Waals surface area contributed by atoms with Crippen LogP contribution in [0.25, 0.3) is 0 Å². The average Bonchev–Trinajstić information content (AvgIpc) is 1.84. The van der Waals surface area contributed by atoms with Gasteiger partial charge in [-0.3, -0.25) is 0 Å². The number of hydrazine groups is 1. The van der Waals surface area contributed by atoms with E-state index in [2.05, 4.69) is 0 Å². The zero-order chi connectivity index (χ0) is 9.02. The van der Waals surface area contributed by atoms with Gasteiger partial charge in [-0.1, -0.05) is 12.2 Å². The van der Waals surface area contributed by atoms with Crippen molar-refractivity contribution >= 4 is 17.2 Å². The molecule has 0 aliphatic rings. The van der Waals surface area contributed by atoms with Gasteiger partial charge in [0.15, 0.2) is 0 Å². The molecule has 0 amide bonds. The monoisotopic (exact) mass is 175 g/mol. The van der Waals surface area contributed by atoms with E-state index in [1.54, 1.807) is 0 Å². The Morgan fingerprint density at radius 1 is 1.45 bits per heavy atom. The Labute approximate surface area is 74.1 Å². The molecule has 4 heteroatoms. The molecule has 0 aromatic rings. The molecule has 0 aromatic carbocycles. The molecular weight excluding hydrogens is 158 g/mol. The Morgan fingerprint density at radius 2 is 1.91 bits per heavy atom. The van der Waals surface area contributed by atoms with Crippen molar-refractivity contribution in [1.82, 2.24) is 10.0 Å². The SMILES string of the molecule is CC(N)CC(=S)N(C)N(C)C. The van der Waals surface area contributed by atoms with Crippen LogP contribution in [0, 0.1) is 0 Å². The fourth-order valence-corrected chi connectivity index (χ4v) is 1.06. The molecule has 0 spiro atoms. The Kier molecular flexibility index (Phi) is 4.56. The molecule has 0 aliphatic carbocycles. The molecule has 0 radical (unpaired) electrons. The highest BCUT2D eigenvalue weighted by molar-refractivity contribution is 7.80. The fraction of sp³-hybridized carbons (Fsp3) is 0.857. The van der Waals surface area contributed by atoms with Crippen molar-refractivity contribution in [2.75, 3.05) is 21.1 Å². The van der Waals surface area contributed by atoms with Crippen LogP contribution in [0.3, 0.4) is 0 Å². The maximum atomic E-state index is 5.60. The highest BCUT2D eigenvalue weighted by Gasteiger charge is 2.07. The van der Waals surface area contributed by atoms with Gasteiger partial charge >= 0.3 is 0 Å². The van der Waals surface area contributed by atoms with E-state index in [4.69, 9.17) is 18.0 Å². The van der Waals surface area contributed by atoms with Gasteiger partial charge < -0.3 is 10.7 Å². The van der Waals surface area contributed by atoms with Gasteiger partial charge in [0.1, 0.15) is 0 Å². The predicted octanol–water partition coefficient (Wildman–Crippen LogP) is 0.460. The zero-order valence-corrected chi connectivity index (χ0v) is 8.48. The Hall–Kier alpha value is -0.190. The molecule has 11 heavy (non-hydrogen) atoms. The lowest BCUT2D eigenvalue weighted by molar-refractivity contribution is 0.144. The van der Waals surface area contributed by atoms with Crippen molar-refractivity contribution < 1.29 is 0 Å². The number of hydrogen-bond donors (Lipinski definition) is 1. The average molecular weight is 175 g/mol. The third-order valence-corrected chi connectivity index (χ3v) is 1.89. The Bertz CT molecular complexity index is 134. The molecule has 66 valence electrons. The molecule has 0 fully saturated rings. The van der Waals surface area contributed by atoms with E-state index in [0.29, 0.717) is 0 Å². The van der Waals surface area contributed by atoms with E-state index in [0.717, 1.165) is 11.4 Å². The molecular formula is C7H17N3S. The summed E-state index contributed by atoms with van der Waals surface area (Å²) < 4.78 is 0. The van der Waals surface area contributed by atoms with Gasteiger partial charge in [0.2, 0.25) is 0 Å². The number of hydrogen-bond acceptors (Lipinski definition) is 3. The quantitative estimate of drug-likeness (QED) is 0.499. The summed E-state index contributed by atoms with van der Waals surface area (Å²) in [6, 6.07) is 0.143. The van der Waals surface area contributed by atoms with Crippen LogP contribution in [-0.2, 0) is 0 Å². The zero-order valence-electron chi connectivity index (χ0n) is 7.66. The van der Waals surface area contributed by atoms with E-state index in [9.17, 15) is 0 Å². The van der Waals surface area contributed by atoms with Crippen molar-refractivity contribution in [2.24, 2.45) is 5.73 Å². The summed E-state index contributed by atoms with van der Waals surface area (Å²) >= 11 is 5.13. The molecule has 0 bridgehead atoms. The largest absolute Gasteiger partial charge is 0.328 e.